The Labute approximate surface area is 192 Å². The van der Waals surface area contributed by atoms with E-state index in [9.17, 15) is 14.2 Å². The van der Waals surface area contributed by atoms with Crippen LogP contribution < -0.4 is 21.5 Å². The average molecular weight is 487 g/mol. The Morgan fingerprint density at radius 1 is 1.27 bits per heavy atom. The maximum absolute atomic E-state index is 13.6. The van der Waals surface area contributed by atoms with E-state index in [2.05, 4.69) is 25.1 Å². The van der Waals surface area contributed by atoms with Gasteiger partial charge in [0.25, 0.3) is 5.56 Å². The minimum atomic E-state index is -3.38. The molecule has 0 aromatic carbocycles. The minimum absolute atomic E-state index is 0.0153. The number of esters is 1. The molecule has 2 heterocycles. The van der Waals surface area contributed by atoms with Gasteiger partial charge >= 0.3 is 5.97 Å². The van der Waals surface area contributed by atoms with Gasteiger partial charge < -0.3 is 24.5 Å². The first-order chi connectivity index (χ1) is 15.6. The number of H-pyrrole nitrogens is 1. The summed E-state index contributed by atoms with van der Waals surface area (Å²) in [7, 11) is -3.38. The zero-order valence-corrected chi connectivity index (χ0v) is 20.6. The van der Waals surface area contributed by atoms with Crippen LogP contribution in [0.1, 0.15) is 34.6 Å². The van der Waals surface area contributed by atoms with Crippen LogP contribution in [0.4, 0.5) is 5.95 Å². The standard InChI is InChI=1S/C19H34N7O6P/c1-6-31-14(5)12(3)24-33(29,25-13(4)18(28)32-7-2)11-30-9-8-26-10-21-15-16(26)22-19(20)23-17(15)27/h10,12-14H,6-9,11H2,1-5H3,(H2,24,25,29)(H3,20,22,23,27). The molecule has 33 heavy (non-hydrogen) atoms. The number of hydrogen-bond donors (Lipinski definition) is 4. The first kappa shape index (κ1) is 26.9. The number of hydrogen-bond acceptors (Lipinski definition) is 9. The topological polar surface area (TPSA) is 175 Å². The molecule has 0 saturated heterocycles. The number of carbonyl (C=O) groups excluding carboxylic acids is 1. The van der Waals surface area contributed by atoms with Gasteiger partial charge in [-0.25, -0.2) is 15.2 Å². The smallest absolute Gasteiger partial charge is 0.323 e. The van der Waals surface area contributed by atoms with Crippen molar-refractivity contribution < 1.29 is 23.6 Å². The van der Waals surface area contributed by atoms with Crippen LogP contribution in [0, 0.1) is 0 Å². The van der Waals surface area contributed by atoms with Gasteiger partial charge in [0.2, 0.25) is 13.4 Å². The molecule has 186 valence electrons. The fourth-order valence-electron chi connectivity index (χ4n) is 3.08. The number of rotatable bonds is 14. The average Bonchev–Trinajstić information content (AvgIpc) is 3.14. The molecule has 2 rings (SSSR count). The SMILES string of the molecule is CCOC(=O)C(C)NP(=O)(COCCn1cnc2c(=O)[nH]c(N)nc21)NC(C)C(C)OCC. The molecule has 0 saturated carbocycles. The van der Waals surface area contributed by atoms with Crippen LogP contribution in [0.15, 0.2) is 11.1 Å². The van der Waals surface area contributed by atoms with Gasteiger partial charge in [-0.05, 0) is 34.6 Å². The lowest BCUT2D eigenvalue weighted by atomic mass is 10.2. The maximum atomic E-state index is 13.6. The van der Waals surface area contributed by atoms with E-state index in [4.69, 9.17) is 19.9 Å². The van der Waals surface area contributed by atoms with Crippen molar-refractivity contribution in [2.75, 3.05) is 31.9 Å². The molecule has 0 radical (unpaired) electrons. The van der Waals surface area contributed by atoms with Gasteiger partial charge in [0, 0.05) is 19.2 Å². The summed E-state index contributed by atoms with van der Waals surface area (Å²) in [6.07, 6.45) is 1.05. The van der Waals surface area contributed by atoms with E-state index in [1.807, 2.05) is 20.8 Å². The number of nitrogens with one attached hydrogen (secondary N) is 3. The van der Waals surface area contributed by atoms with Crippen molar-refractivity contribution in [3.8, 4) is 0 Å². The van der Waals surface area contributed by atoms with Gasteiger partial charge in [-0.1, -0.05) is 0 Å². The second-order valence-electron chi connectivity index (χ2n) is 7.52. The summed E-state index contributed by atoms with van der Waals surface area (Å²) in [5, 5.41) is 5.88. The number of imidazole rings is 1. The van der Waals surface area contributed by atoms with Crippen LogP contribution in [-0.2, 0) is 30.1 Å². The van der Waals surface area contributed by atoms with Gasteiger partial charge in [-0.15, -0.1) is 0 Å². The number of carbonyl (C=O) groups is 1. The predicted molar refractivity (Wildman–Crippen MR) is 124 cm³/mol. The molecule has 0 amide bonds. The highest BCUT2D eigenvalue weighted by atomic mass is 31.2. The van der Waals surface area contributed by atoms with Crippen LogP contribution in [0.25, 0.3) is 11.2 Å². The highest BCUT2D eigenvalue weighted by molar-refractivity contribution is 7.59. The lowest BCUT2D eigenvalue weighted by Gasteiger charge is -2.29. The molecule has 0 aliphatic heterocycles. The lowest BCUT2D eigenvalue weighted by molar-refractivity contribution is -0.144. The van der Waals surface area contributed by atoms with Crippen LogP contribution in [0.5, 0.6) is 0 Å². The molecule has 2 aromatic heterocycles. The van der Waals surface area contributed by atoms with Crippen molar-refractivity contribution in [1.29, 1.82) is 0 Å². The van der Waals surface area contributed by atoms with E-state index in [1.165, 1.54) is 6.33 Å². The van der Waals surface area contributed by atoms with Crippen molar-refractivity contribution >= 4 is 30.5 Å². The van der Waals surface area contributed by atoms with Crippen LogP contribution in [0.3, 0.4) is 0 Å². The first-order valence-corrected chi connectivity index (χ1v) is 12.7. The van der Waals surface area contributed by atoms with E-state index in [-0.39, 0.29) is 43.2 Å². The van der Waals surface area contributed by atoms with Gasteiger partial charge in [-0.2, -0.15) is 4.98 Å². The second kappa shape index (κ2) is 12.2. The monoisotopic (exact) mass is 487 g/mol. The molecular weight excluding hydrogens is 453 g/mol. The van der Waals surface area contributed by atoms with Crippen LogP contribution in [0.2, 0.25) is 0 Å². The van der Waals surface area contributed by atoms with Gasteiger partial charge in [0.15, 0.2) is 11.2 Å². The van der Waals surface area contributed by atoms with Gasteiger partial charge in [0.05, 0.1) is 25.6 Å². The first-order valence-electron chi connectivity index (χ1n) is 10.8. The van der Waals surface area contributed by atoms with E-state index >= 15 is 0 Å². The van der Waals surface area contributed by atoms with E-state index in [0.717, 1.165) is 0 Å². The molecule has 13 nitrogen and oxygen atoms in total. The number of aromatic amines is 1. The third kappa shape index (κ3) is 7.61. The molecule has 14 heteroatoms. The third-order valence-electron chi connectivity index (χ3n) is 4.83. The quantitative estimate of drug-likeness (QED) is 0.169. The predicted octanol–water partition coefficient (Wildman–Crippen LogP) is 0.813. The van der Waals surface area contributed by atoms with Gasteiger partial charge in [0.1, 0.15) is 12.4 Å². The number of fused-ring (bicyclic) bond motifs is 1. The molecular formula is C19H34N7O6P. The summed E-state index contributed by atoms with van der Waals surface area (Å²) in [4.78, 5) is 34.5. The summed E-state index contributed by atoms with van der Waals surface area (Å²) < 4.78 is 31.5. The molecule has 0 spiro atoms. The van der Waals surface area contributed by atoms with Crippen molar-refractivity contribution in [2.24, 2.45) is 0 Å². The summed E-state index contributed by atoms with van der Waals surface area (Å²) >= 11 is 0. The summed E-state index contributed by atoms with van der Waals surface area (Å²) in [5.74, 6) is -0.526. The Bertz CT molecular complexity index is 1030. The highest BCUT2D eigenvalue weighted by Gasteiger charge is 2.31. The summed E-state index contributed by atoms with van der Waals surface area (Å²) in [6.45, 7) is 10.0. The Morgan fingerprint density at radius 2 is 2.00 bits per heavy atom. The molecule has 4 unspecified atom stereocenters. The molecule has 5 N–H and O–H groups in total. The fourth-order valence-corrected chi connectivity index (χ4v) is 5.28. The second-order valence-corrected chi connectivity index (χ2v) is 9.77. The largest absolute Gasteiger partial charge is 0.465 e. The number of aromatic nitrogens is 4. The number of ether oxygens (including phenoxy) is 3. The molecule has 4 atom stereocenters. The molecule has 0 aliphatic carbocycles. The fraction of sp³-hybridized carbons (Fsp3) is 0.684. The zero-order valence-electron chi connectivity index (χ0n) is 19.7. The Kier molecular flexibility index (Phi) is 9.99. The van der Waals surface area contributed by atoms with Crippen molar-refractivity contribution in [3.05, 3.63) is 16.7 Å². The van der Waals surface area contributed by atoms with E-state index < -0.39 is 25.0 Å². The summed E-state index contributed by atoms with van der Waals surface area (Å²) in [5.41, 5.74) is 5.67. The normalized spacial score (nSPS) is 16.3. The third-order valence-corrected chi connectivity index (χ3v) is 7.01. The number of anilines is 1. The molecule has 2 aromatic rings. The minimum Gasteiger partial charge on any atom is -0.465 e. The van der Waals surface area contributed by atoms with E-state index in [0.29, 0.717) is 18.8 Å². The van der Waals surface area contributed by atoms with Crippen LogP contribution in [-0.4, -0.2) is 69.8 Å². The Balaban J connectivity index is 2.05. The van der Waals surface area contributed by atoms with Crippen molar-refractivity contribution in [2.45, 2.75) is 59.4 Å². The number of nitrogen functional groups attached to an aromatic ring is 1. The van der Waals surface area contributed by atoms with Gasteiger partial charge in [-0.3, -0.25) is 19.1 Å². The molecule has 0 fully saturated rings. The maximum Gasteiger partial charge on any atom is 0.323 e. The molecule has 0 aliphatic rings. The Hall–Kier alpha value is -2.31. The van der Waals surface area contributed by atoms with Crippen molar-refractivity contribution in [1.82, 2.24) is 29.7 Å². The number of nitrogens with two attached hydrogens (primary N) is 1. The highest BCUT2D eigenvalue weighted by Crippen LogP contribution is 2.38. The van der Waals surface area contributed by atoms with Crippen LogP contribution >= 0.6 is 7.44 Å². The van der Waals surface area contributed by atoms with Crippen molar-refractivity contribution in [3.63, 3.8) is 0 Å². The zero-order chi connectivity index (χ0) is 24.6. The van der Waals surface area contributed by atoms with E-state index in [1.54, 1.807) is 18.4 Å². The lowest BCUT2D eigenvalue weighted by Crippen LogP contribution is -2.43. The molecule has 0 bridgehead atoms. The Morgan fingerprint density at radius 3 is 2.67 bits per heavy atom. The number of nitrogens with zero attached hydrogens (tertiary/aromatic N) is 3. The summed E-state index contributed by atoms with van der Waals surface area (Å²) in [6, 6.07) is -1.09.